The molecule has 0 unspecified atom stereocenters. The molecule has 1 rings (SSSR count). The van der Waals surface area contributed by atoms with Crippen LogP contribution in [-0.2, 0) is 14.4 Å². The van der Waals surface area contributed by atoms with E-state index >= 15 is 0 Å². The van der Waals surface area contributed by atoms with Gasteiger partial charge in [-0.1, -0.05) is 0 Å². The molecule has 0 aliphatic carbocycles. The monoisotopic (exact) mass is 129 g/mol. The van der Waals surface area contributed by atoms with E-state index in [2.05, 4.69) is 4.84 Å². The van der Waals surface area contributed by atoms with E-state index in [-0.39, 0.29) is 11.9 Å². The molecule has 0 aromatic heterocycles. The fraction of sp³-hybridized carbons (Fsp3) is 0.600. The standard InChI is InChI=1S/C5H7NO3/c1-4(7)6-3-2-5(8)9-6/h2-3H2,1H3. The maximum Gasteiger partial charge on any atom is 0.334 e. The van der Waals surface area contributed by atoms with Crippen LogP contribution in [-0.4, -0.2) is 23.5 Å². The lowest BCUT2D eigenvalue weighted by atomic mass is 10.4. The Balaban J connectivity index is 2.48. The number of carbonyl (C=O) groups excluding carboxylic acids is 2. The van der Waals surface area contributed by atoms with Gasteiger partial charge in [0.1, 0.15) is 0 Å². The summed E-state index contributed by atoms with van der Waals surface area (Å²) in [4.78, 5) is 25.2. The number of amides is 1. The fourth-order valence-electron chi connectivity index (χ4n) is 0.629. The lowest BCUT2D eigenvalue weighted by Gasteiger charge is -2.07. The summed E-state index contributed by atoms with van der Waals surface area (Å²) >= 11 is 0. The van der Waals surface area contributed by atoms with Crippen molar-refractivity contribution in [3.05, 3.63) is 0 Å². The second-order valence-electron chi connectivity index (χ2n) is 1.83. The first-order valence-electron chi connectivity index (χ1n) is 2.69. The highest BCUT2D eigenvalue weighted by atomic mass is 16.7. The van der Waals surface area contributed by atoms with Gasteiger partial charge in [0.15, 0.2) is 0 Å². The zero-order valence-electron chi connectivity index (χ0n) is 5.09. The molecule has 0 spiro atoms. The highest BCUT2D eigenvalue weighted by molar-refractivity contribution is 5.79. The maximum absolute atomic E-state index is 10.4. The van der Waals surface area contributed by atoms with Crippen LogP contribution in [0.5, 0.6) is 0 Å². The highest BCUT2D eigenvalue weighted by Crippen LogP contribution is 2.04. The number of nitrogens with zero attached hydrogens (tertiary/aromatic N) is 1. The fourth-order valence-corrected chi connectivity index (χ4v) is 0.629. The maximum atomic E-state index is 10.4. The average molecular weight is 129 g/mol. The normalized spacial score (nSPS) is 17.9. The van der Waals surface area contributed by atoms with Gasteiger partial charge in [0.2, 0.25) is 0 Å². The summed E-state index contributed by atoms with van der Waals surface area (Å²) < 4.78 is 0. The molecule has 1 aliphatic rings. The van der Waals surface area contributed by atoms with Crippen LogP contribution < -0.4 is 0 Å². The Kier molecular flexibility index (Phi) is 1.38. The summed E-state index contributed by atoms with van der Waals surface area (Å²) in [5.74, 6) is -0.550. The van der Waals surface area contributed by atoms with Gasteiger partial charge in [-0.15, -0.1) is 0 Å². The van der Waals surface area contributed by atoms with Gasteiger partial charge < -0.3 is 4.84 Å². The Bertz CT molecular complexity index is 154. The van der Waals surface area contributed by atoms with Crippen LogP contribution in [0, 0.1) is 0 Å². The van der Waals surface area contributed by atoms with Crippen molar-refractivity contribution in [1.82, 2.24) is 5.06 Å². The van der Waals surface area contributed by atoms with Crippen molar-refractivity contribution in [3.63, 3.8) is 0 Å². The molecule has 1 heterocycles. The summed E-state index contributed by atoms with van der Waals surface area (Å²) in [5.41, 5.74) is 0. The van der Waals surface area contributed by atoms with Crippen molar-refractivity contribution in [2.24, 2.45) is 0 Å². The Morgan fingerprint density at radius 2 is 2.44 bits per heavy atom. The molecule has 1 amide bonds. The van der Waals surface area contributed by atoms with Crippen molar-refractivity contribution in [3.8, 4) is 0 Å². The van der Waals surface area contributed by atoms with Crippen molar-refractivity contribution < 1.29 is 14.4 Å². The highest BCUT2D eigenvalue weighted by Gasteiger charge is 2.22. The van der Waals surface area contributed by atoms with E-state index in [1.165, 1.54) is 6.92 Å². The molecule has 9 heavy (non-hydrogen) atoms. The molecule has 1 saturated heterocycles. The largest absolute Gasteiger partial charge is 0.338 e. The van der Waals surface area contributed by atoms with E-state index < -0.39 is 0 Å². The second-order valence-corrected chi connectivity index (χ2v) is 1.83. The summed E-state index contributed by atoms with van der Waals surface area (Å²) in [6.07, 6.45) is 0.319. The number of hydrogen-bond acceptors (Lipinski definition) is 3. The van der Waals surface area contributed by atoms with Crippen LogP contribution in [0.4, 0.5) is 0 Å². The lowest BCUT2D eigenvalue weighted by molar-refractivity contribution is -0.180. The number of hydroxylamine groups is 2. The molecule has 1 aliphatic heterocycles. The van der Waals surface area contributed by atoms with Gasteiger partial charge in [0.25, 0.3) is 5.91 Å². The van der Waals surface area contributed by atoms with E-state index in [1.54, 1.807) is 0 Å². The molecule has 4 heteroatoms. The minimum Gasteiger partial charge on any atom is -0.338 e. The van der Waals surface area contributed by atoms with Gasteiger partial charge in [0, 0.05) is 6.92 Å². The molecule has 0 N–H and O–H groups in total. The Hall–Kier alpha value is -1.06. The summed E-state index contributed by atoms with van der Waals surface area (Å²) in [6.45, 7) is 1.76. The molecule has 1 fully saturated rings. The van der Waals surface area contributed by atoms with E-state index in [1.807, 2.05) is 0 Å². The van der Waals surface area contributed by atoms with Gasteiger partial charge in [0.05, 0.1) is 13.0 Å². The van der Waals surface area contributed by atoms with Crippen LogP contribution in [0.1, 0.15) is 13.3 Å². The predicted molar refractivity (Wildman–Crippen MR) is 28.1 cm³/mol. The van der Waals surface area contributed by atoms with Gasteiger partial charge in [-0.05, 0) is 0 Å². The average Bonchev–Trinajstić information content (AvgIpc) is 2.14. The molecule has 0 bridgehead atoms. The Labute approximate surface area is 52.3 Å². The topological polar surface area (TPSA) is 46.6 Å². The third-order valence-corrected chi connectivity index (χ3v) is 1.08. The van der Waals surface area contributed by atoms with Gasteiger partial charge in [-0.25, -0.2) is 4.79 Å². The van der Waals surface area contributed by atoms with Crippen LogP contribution in [0.25, 0.3) is 0 Å². The first-order valence-corrected chi connectivity index (χ1v) is 2.69. The van der Waals surface area contributed by atoms with Crippen molar-refractivity contribution >= 4 is 11.9 Å². The van der Waals surface area contributed by atoms with E-state index in [4.69, 9.17) is 0 Å². The van der Waals surface area contributed by atoms with Gasteiger partial charge in [-0.2, -0.15) is 5.06 Å². The van der Waals surface area contributed by atoms with Crippen molar-refractivity contribution in [2.45, 2.75) is 13.3 Å². The number of carbonyl (C=O) groups is 2. The van der Waals surface area contributed by atoms with E-state index in [0.717, 1.165) is 5.06 Å². The summed E-state index contributed by atoms with van der Waals surface area (Å²) in [5, 5.41) is 1.06. The van der Waals surface area contributed by atoms with Crippen LogP contribution in [0.2, 0.25) is 0 Å². The van der Waals surface area contributed by atoms with Crippen LogP contribution in [0.3, 0.4) is 0 Å². The van der Waals surface area contributed by atoms with Gasteiger partial charge in [-0.3, -0.25) is 4.79 Å². The van der Waals surface area contributed by atoms with E-state index in [9.17, 15) is 9.59 Å². The lowest BCUT2D eigenvalue weighted by Crippen LogP contribution is -2.23. The van der Waals surface area contributed by atoms with Crippen LogP contribution >= 0.6 is 0 Å². The molecule has 50 valence electrons. The zero-order valence-corrected chi connectivity index (χ0v) is 5.09. The SMILES string of the molecule is CC(=O)N1CCC(=O)O1. The quantitative estimate of drug-likeness (QED) is 0.451. The smallest absolute Gasteiger partial charge is 0.334 e. The van der Waals surface area contributed by atoms with E-state index in [0.29, 0.717) is 13.0 Å². The molecule has 0 radical (unpaired) electrons. The molecular weight excluding hydrogens is 122 g/mol. The second kappa shape index (κ2) is 2.05. The zero-order chi connectivity index (χ0) is 6.85. The number of hydrogen-bond donors (Lipinski definition) is 0. The first-order chi connectivity index (χ1) is 4.20. The third kappa shape index (κ3) is 1.19. The first kappa shape index (κ1) is 6.07. The Morgan fingerprint density at radius 1 is 1.78 bits per heavy atom. The molecule has 0 aromatic rings. The third-order valence-electron chi connectivity index (χ3n) is 1.08. The molecule has 4 nitrogen and oxygen atoms in total. The van der Waals surface area contributed by atoms with Crippen molar-refractivity contribution in [2.75, 3.05) is 6.54 Å². The Morgan fingerprint density at radius 3 is 2.67 bits per heavy atom. The molecular formula is C5H7NO3. The summed E-state index contributed by atoms with van der Waals surface area (Å²) in [7, 11) is 0. The molecule has 0 saturated carbocycles. The predicted octanol–water partition coefficient (Wildman–Crippen LogP) is -0.303. The minimum absolute atomic E-state index is 0.221. The summed E-state index contributed by atoms with van der Waals surface area (Å²) in [6, 6.07) is 0. The number of rotatable bonds is 0. The molecule has 0 aromatic carbocycles. The van der Waals surface area contributed by atoms with Crippen molar-refractivity contribution in [1.29, 1.82) is 0 Å². The van der Waals surface area contributed by atoms with Crippen LogP contribution in [0.15, 0.2) is 0 Å². The minimum atomic E-state index is -0.329. The van der Waals surface area contributed by atoms with Gasteiger partial charge >= 0.3 is 5.97 Å². The molecule has 0 atom stereocenters.